The van der Waals surface area contributed by atoms with Gasteiger partial charge >= 0.3 is 0 Å². The number of amidine groups is 1. The maximum Gasteiger partial charge on any atom is 0.153 e. The Morgan fingerprint density at radius 2 is 0.810 bits per heavy atom. The van der Waals surface area contributed by atoms with E-state index in [0.717, 1.165) is 207 Å². The van der Waals surface area contributed by atoms with Crippen LogP contribution in [0.25, 0.3) is 145 Å². The SMILES string of the molecule is Cc1cc(-c2ccccc2)nc2cc(-c3nc(C4CCC4)n4ncnc(N)c34)ccc12.NC1=NC=NC2C1C(c1ccc3ccc(-c4ccccc4)nc3c1)=CN2C1CC(CN2CCC2)C1.Nc1ncnn2c(C3CCC3)nc(-c3ccc4ccc(-c5ccccc5)nc4c3)c12.Nc1ncnn2c(C3CCC3)nc(-c3ccc4ccc(-c5ccccn5)nc4c3)c12. The number of pyridine rings is 5. The quantitative estimate of drug-likeness (QED) is 0.0786. The molecule has 4 saturated carbocycles. The van der Waals surface area contributed by atoms with Crippen molar-refractivity contribution >= 4 is 95.4 Å². The highest BCUT2D eigenvalue weighted by Gasteiger charge is 2.46. The van der Waals surface area contributed by atoms with Gasteiger partial charge in [-0.1, -0.05) is 183 Å². The minimum Gasteiger partial charge on any atom is -0.386 e. The van der Waals surface area contributed by atoms with Gasteiger partial charge < -0.3 is 32.7 Å². The molecule has 11 aromatic heterocycles. The third-order valence-corrected chi connectivity index (χ3v) is 26.3. The molecule has 3 aliphatic heterocycles. The van der Waals surface area contributed by atoms with Crippen molar-refractivity contribution in [3.05, 3.63) is 284 Å². The van der Waals surface area contributed by atoms with Crippen molar-refractivity contribution in [2.24, 2.45) is 27.6 Å². The Balaban J connectivity index is 0.0000000996. The summed E-state index contributed by atoms with van der Waals surface area (Å²) in [5.74, 6) is 7.00. The van der Waals surface area contributed by atoms with E-state index in [1.807, 2.05) is 80.3 Å². The lowest BCUT2D eigenvalue weighted by Crippen LogP contribution is -2.52. The zero-order valence-corrected chi connectivity index (χ0v) is 69.7. The number of aromatic nitrogens is 17. The third kappa shape index (κ3) is 14.5. The fourth-order valence-corrected chi connectivity index (χ4v) is 18.6. The lowest BCUT2D eigenvalue weighted by atomic mass is 9.78. The number of benzene rings is 7. The molecular weight excluding hydrogens is 1560 g/mol. The number of likely N-dealkylation sites (tertiary alicyclic amines) is 1. The van der Waals surface area contributed by atoms with Gasteiger partial charge in [0.2, 0.25) is 0 Å². The molecule has 4 aliphatic carbocycles. The number of hydrogen-bond donors (Lipinski definition) is 4. The molecule has 25 rings (SSSR count). The molecule has 5 fully saturated rings. The second kappa shape index (κ2) is 32.7. The van der Waals surface area contributed by atoms with E-state index < -0.39 is 0 Å². The Labute approximate surface area is 726 Å². The van der Waals surface area contributed by atoms with Crippen LogP contribution in [0.15, 0.2) is 266 Å². The number of hydrogen-bond acceptors (Lipinski definition) is 22. The molecule has 25 nitrogen and oxygen atoms in total. The number of aliphatic imine (C=N–C) groups is 2. The molecule has 2 unspecified atom stereocenters. The number of nitrogens with two attached hydrogens (primary N) is 4. The smallest absolute Gasteiger partial charge is 0.153 e. The fraction of sp³-hybridized carbons (Fsp3) is 0.228. The van der Waals surface area contributed by atoms with Crippen LogP contribution in [-0.2, 0) is 0 Å². The largest absolute Gasteiger partial charge is 0.386 e. The van der Waals surface area contributed by atoms with Crippen molar-refractivity contribution in [1.82, 2.24) is 93.5 Å². The van der Waals surface area contributed by atoms with Crippen LogP contribution in [0.5, 0.6) is 0 Å². The lowest BCUT2D eigenvalue weighted by molar-refractivity contribution is 0.0489. The zero-order chi connectivity index (χ0) is 84.5. The molecule has 0 bridgehead atoms. The van der Waals surface area contributed by atoms with Crippen LogP contribution in [0.1, 0.15) is 123 Å². The summed E-state index contributed by atoms with van der Waals surface area (Å²) in [5.41, 5.74) is 48.2. The molecule has 1 saturated heterocycles. The van der Waals surface area contributed by atoms with E-state index in [-0.39, 0.29) is 12.1 Å². The third-order valence-electron chi connectivity index (χ3n) is 26.3. The van der Waals surface area contributed by atoms with Crippen LogP contribution in [-0.4, -0.2) is 137 Å². The minimum atomic E-state index is -0.0100. The van der Waals surface area contributed by atoms with Gasteiger partial charge in [-0.15, -0.1) is 0 Å². The Kier molecular flexibility index (Phi) is 20.0. The molecular formula is C101H91N25. The number of rotatable bonds is 14. The van der Waals surface area contributed by atoms with Crippen LogP contribution in [0, 0.1) is 18.8 Å². The highest BCUT2D eigenvalue weighted by Crippen LogP contribution is 2.47. The van der Waals surface area contributed by atoms with Crippen LogP contribution in [0.2, 0.25) is 0 Å². The van der Waals surface area contributed by atoms with Crippen LogP contribution in [0.3, 0.4) is 0 Å². The van der Waals surface area contributed by atoms with Gasteiger partial charge in [0.05, 0.1) is 56.5 Å². The average Bonchev–Trinajstić information content (AvgIpc) is 1.61. The van der Waals surface area contributed by atoms with Gasteiger partial charge in [-0.2, -0.15) is 15.3 Å². The summed E-state index contributed by atoms with van der Waals surface area (Å²) in [7, 11) is 0. The number of aryl methyl sites for hydroxylation is 1. The summed E-state index contributed by atoms with van der Waals surface area (Å²) in [5, 5.41) is 17.8. The van der Waals surface area contributed by atoms with Crippen LogP contribution in [0.4, 0.5) is 17.5 Å². The summed E-state index contributed by atoms with van der Waals surface area (Å²) in [4.78, 5) is 66.0. The van der Waals surface area contributed by atoms with E-state index in [1.54, 1.807) is 12.5 Å². The van der Waals surface area contributed by atoms with Crippen molar-refractivity contribution in [3.63, 3.8) is 0 Å². The highest BCUT2D eigenvalue weighted by molar-refractivity contribution is 6.02. The van der Waals surface area contributed by atoms with Crippen molar-refractivity contribution in [2.75, 3.05) is 36.8 Å². The Hall–Kier alpha value is -15.0. The molecule has 620 valence electrons. The molecule has 18 aromatic rings. The number of nitrogens with zero attached hydrogens (tertiary/aromatic N) is 21. The average molecular weight is 1660 g/mol. The predicted octanol–water partition coefficient (Wildman–Crippen LogP) is 18.7. The Morgan fingerprint density at radius 3 is 1.27 bits per heavy atom. The van der Waals surface area contributed by atoms with Crippen LogP contribution < -0.4 is 22.9 Å². The van der Waals surface area contributed by atoms with Crippen molar-refractivity contribution < 1.29 is 0 Å². The highest BCUT2D eigenvalue weighted by atomic mass is 15.3. The molecule has 8 N–H and O–H groups in total. The first kappa shape index (κ1) is 77.1. The second-order valence-electron chi connectivity index (χ2n) is 34.1. The number of imidazole rings is 3. The number of fused-ring (bicyclic) bond motifs is 8. The van der Waals surface area contributed by atoms with Crippen LogP contribution >= 0.6 is 0 Å². The summed E-state index contributed by atoms with van der Waals surface area (Å²) >= 11 is 0. The van der Waals surface area contributed by atoms with Crippen molar-refractivity contribution in [3.8, 4) is 78.9 Å². The first-order chi connectivity index (χ1) is 62.0. The van der Waals surface area contributed by atoms with E-state index in [0.29, 0.717) is 47.1 Å². The first-order valence-corrected chi connectivity index (χ1v) is 43.7. The van der Waals surface area contributed by atoms with E-state index in [9.17, 15) is 0 Å². The molecule has 126 heavy (non-hydrogen) atoms. The summed E-state index contributed by atoms with van der Waals surface area (Å²) in [6.07, 6.45) is 24.6. The van der Waals surface area contributed by atoms with Gasteiger partial charge in [-0.25, -0.2) is 73.4 Å². The fourth-order valence-electron chi connectivity index (χ4n) is 18.6. The molecule has 0 amide bonds. The normalized spacial score (nSPS) is 18.0. The van der Waals surface area contributed by atoms with Crippen molar-refractivity contribution in [1.29, 1.82) is 0 Å². The number of nitrogen functional groups attached to an aromatic ring is 3. The first-order valence-electron chi connectivity index (χ1n) is 43.7. The van der Waals surface area contributed by atoms with E-state index in [4.69, 9.17) is 62.8 Å². The molecule has 14 heterocycles. The molecule has 7 aliphatic rings. The second-order valence-corrected chi connectivity index (χ2v) is 34.1. The summed E-state index contributed by atoms with van der Waals surface area (Å²) in [6, 6.07) is 77.1. The summed E-state index contributed by atoms with van der Waals surface area (Å²) in [6.45, 7) is 5.93. The van der Waals surface area contributed by atoms with Gasteiger partial charge in [0.15, 0.2) is 17.5 Å². The van der Waals surface area contributed by atoms with Crippen molar-refractivity contribution in [2.45, 2.75) is 114 Å². The Bertz CT molecular complexity index is 7070. The summed E-state index contributed by atoms with van der Waals surface area (Å²) < 4.78 is 5.62. The van der Waals surface area contributed by atoms with Gasteiger partial charge in [-0.05, 0) is 161 Å². The van der Waals surface area contributed by atoms with E-state index in [2.05, 4.69) is 221 Å². The monoisotopic (exact) mass is 1650 g/mol. The maximum atomic E-state index is 6.47. The zero-order valence-electron chi connectivity index (χ0n) is 69.7. The minimum absolute atomic E-state index is 0.0100. The topological polar surface area (TPSA) is 329 Å². The predicted molar refractivity (Wildman–Crippen MR) is 498 cm³/mol. The molecule has 25 heteroatoms. The lowest BCUT2D eigenvalue weighted by Gasteiger charge is -2.46. The van der Waals surface area contributed by atoms with Gasteiger partial charge in [0.25, 0.3) is 0 Å². The molecule has 2 atom stereocenters. The Morgan fingerprint density at radius 1 is 0.381 bits per heavy atom. The maximum absolute atomic E-state index is 6.47. The van der Waals surface area contributed by atoms with E-state index >= 15 is 0 Å². The standard InChI is InChI=1S/C29H30N6.C25H22N6.C24H20N6.C23H19N7/c30-28-27-24(17-35(29(27)32-18-31-28)23-13-19(14-23)16-34-11-4-12-34)22-8-7-21-9-10-25(33-26(21)15-22)20-5-2-1-3-6-20;1-15-12-20(16-6-3-2-4-7-16)29-21-13-18(10-11-19(15)21)22-23-24(26)27-14-28-31(23)25(30-22)17-8-5-9-17;25-23-22-21(29-24(17-7-4-8-17)30(22)27-14-26-23)18-10-9-16-11-12-19(28-20(16)13-18)15-5-2-1-3-6-15;24-22-21-20(29-23(15-4-3-5-15)30(21)27-13-26-22)16-8-7-14-9-10-18(28-19(14)12-16)17-6-1-2-11-25-17/h1-3,5-10,15,17-19,23,27,29H,4,11-14,16H2,(H2,30,31,32);2-4,6-7,10-14,17H,5,8-9H2,1H3,(H2,26,27,28);1-3,5-6,9-14,17H,4,7-8H2,(H2,25,26,27);1-2,6-13,15H,3-5H2,(H2,24,26,27). The van der Waals surface area contributed by atoms with Gasteiger partial charge in [-0.3, -0.25) is 4.98 Å². The number of anilines is 3. The molecule has 0 spiro atoms. The van der Waals surface area contributed by atoms with E-state index in [1.165, 1.54) is 88.3 Å². The molecule has 0 radical (unpaired) electrons. The molecule has 7 aromatic carbocycles. The van der Waals surface area contributed by atoms with Gasteiger partial charge in [0, 0.05) is 97.7 Å². The van der Waals surface area contributed by atoms with Gasteiger partial charge in [0.1, 0.15) is 88.4 Å².